The van der Waals surface area contributed by atoms with Gasteiger partial charge in [0.1, 0.15) is 0 Å². The maximum absolute atomic E-state index is 12.2. The van der Waals surface area contributed by atoms with Crippen molar-refractivity contribution in [3.63, 3.8) is 0 Å². The fourth-order valence-corrected chi connectivity index (χ4v) is 2.35. The Hall–Kier alpha value is -1.82. The summed E-state index contributed by atoms with van der Waals surface area (Å²) in [5, 5.41) is 6.24. The number of aliphatic imine (C=N–C) groups is 1. The first-order valence-electron chi connectivity index (χ1n) is 7.69. The average molecular weight is 381 g/mol. The predicted molar refractivity (Wildman–Crippen MR) is 99.4 cm³/mol. The van der Waals surface area contributed by atoms with Gasteiger partial charge in [-0.2, -0.15) is 0 Å². The lowest BCUT2D eigenvalue weighted by molar-refractivity contribution is -0.130. The van der Waals surface area contributed by atoms with Crippen molar-refractivity contribution in [2.24, 2.45) is 4.99 Å². The van der Waals surface area contributed by atoms with Crippen LogP contribution in [-0.2, 0) is 11.3 Å². The Balaban J connectivity index is 2.48. The van der Waals surface area contributed by atoms with Gasteiger partial charge in [-0.15, -0.1) is 6.58 Å². The molecule has 0 radical (unpaired) electrons. The molecule has 1 amide bonds. The molecule has 126 valence electrons. The molecule has 1 aromatic carbocycles. The molecule has 2 N–H and O–H groups in total. The van der Waals surface area contributed by atoms with Crippen molar-refractivity contribution in [3.05, 3.63) is 47.0 Å². The van der Waals surface area contributed by atoms with Crippen molar-refractivity contribution in [2.75, 3.05) is 26.7 Å². The Morgan fingerprint density at radius 1 is 1.39 bits per heavy atom. The van der Waals surface area contributed by atoms with Gasteiger partial charge >= 0.3 is 0 Å². The van der Waals surface area contributed by atoms with Gasteiger partial charge in [-0.05, 0) is 18.6 Å². The largest absolute Gasteiger partial charge is 0.357 e. The van der Waals surface area contributed by atoms with Crippen LogP contribution in [0.4, 0.5) is 0 Å². The second kappa shape index (κ2) is 10.8. The van der Waals surface area contributed by atoms with E-state index in [9.17, 15) is 4.79 Å². The van der Waals surface area contributed by atoms with E-state index in [0.29, 0.717) is 32.0 Å². The van der Waals surface area contributed by atoms with E-state index in [0.717, 1.165) is 16.6 Å². The first-order chi connectivity index (χ1) is 11.1. The number of hydrogen-bond donors (Lipinski definition) is 2. The summed E-state index contributed by atoms with van der Waals surface area (Å²) in [6.07, 6.45) is 2.15. The molecule has 0 fully saturated rings. The zero-order valence-electron chi connectivity index (χ0n) is 13.8. The molecule has 0 saturated carbocycles. The Bertz CT molecular complexity index is 545. The van der Waals surface area contributed by atoms with Gasteiger partial charge in [0.25, 0.3) is 0 Å². The van der Waals surface area contributed by atoms with Gasteiger partial charge in [0, 0.05) is 37.6 Å². The number of halogens is 1. The molecule has 23 heavy (non-hydrogen) atoms. The molecule has 0 spiro atoms. The van der Waals surface area contributed by atoms with Crippen molar-refractivity contribution < 1.29 is 4.79 Å². The first-order valence-corrected chi connectivity index (χ1v) is 8.48. The number of guanidine groups is 1. The van der Waals surface area contributed by atoms with Crippen LogP contribution in [0.25, 0.3) is 0 Å². The lowest BCUT2D eigenvalue weighted by atomic mass is 10.2. The Kier molecular flexibility index (Phi) is 9.05. The smallest absolute Gasteiger partial charge is 0.224 e. The maximum Gasteiger partial charge on any atom is 0.224 e. The van der Waals surface area contributed by atoms with E-state index >= 15 is 0 Å². The molecule has 0 atom stereocenters. The van der Waals surface area contributed by atoms with Crippen molar-refractivity contribution >= 4 is 27.8 Å². The van der Waals surface area contributed by atoms with E-state index in [4.69, 9.17) is 0 Å². The molecule has 0 unspecified atom stereocenters. The summed E-state index contributed by atoms with van der Waals surface area (Å²) >= 11 is 3.50. The fraction of sp³-hybridized carbons (Fsp3) is 0.412. The molecule has 5 nitrogen and oxygen atoms in total. The van der Waals surface area contributed by atoms with E-state index in [1.54, 1.807) is 11.0 Å². The van der Waals surface area contributed by atoms with Crippen LogP contribution in [0.3, 0.4) is 0 Å². The monoisotopic (exact) mass is 380 g/mol. The quantitative estimate of drug-likeness (QED) is 0.413. The lowest BCUT2D eigenvalue weighted by Gasteiger charge is -2.18. The number of carbonyl (C=O) groups excluding carboxylic acids is 1. The van der Waals surface area contributed by atoms with Crippen LogP contribution in [-0.4, -0.2) is 43.4 Å². The van der Waals surface area contributed by atoms with Gasteiger partial charge in [0.05, 0.1) is 6.54 Å². The van der Waals surface area contributed by atoms with Crippen LogP contribution >= 0.6 is 15.9 Å². The Morgan fingerprint density at radius 2 is 2.13 bits per heavy atom. The highest BCUT2D eigenvalue weighted by Gasteiger charge is 2.10. The highest BCUT2D eigenvalue weighted by atomic mass is 79.9. The number of rotatable bonds is 8. The van der Waals surface area contributed by atoms with Gasteiger partial charge in [-0.3, -0.25) is 9.79 Å². The summed E-state index contributed by atoms with van der Waals surface area (Å²) in [4.78, 5) is 18.3. The first kappa shape index (κ1) is 19.2. The standard InChI is InChI=1S/C17H25BrN4O/c1-4-11-20-17(19-5-2)21-12-10-16(23)22(3)13-14-8-6-7-9-15(14)18/h4,6-9H,1,5,10-13H2,2-3H3,(H2,19,20,21). The molecule has 1 rings (SSSR count). The van der Waals surface area contributed by atoms with Crippen LogP contribution in [0.2, 0.25) is 0 Å². The molecule has 0 aliphatic heterocycles. The number of nitrogens with zero attached hydrogens (tertiary/aromatic N) is 2. The second-order valence-corrected chi connectivity index (χ2v) is 5.88. The number of amides is 1. The van der Waals surface area contributed by atoms with E-state index in [1.165, 1.54) is 0 Å². The number of hydrogen-bond acceptors (Lipinski definition) is 2. The topological polar surface area (TPSA) is 56.7 Å². The number of benzene rings is 1. The molecule has 0 aliphatic rings. The SMILES string of the molecule is C=CCNC(=NCCC(=O)N(C)Cc1ccccc1Br)NCC. The lowest BCUT2D eigenvalue weighted by Crippen LogP contribution is -2.37. The van der Waals surface area contributed by atoms with Crippen LogP contribution in [0.1, 0.15) is 18.9 Å². The molecule has 0 aromatic heterocycles. The fourth-order valence-electron chi connectivity index (χ4n) is 1.94. The van der Waals surface area contributed by atoms with Crippen LogP contribution < -0.4 is 10.6 Å². The molecule has 0 saturated heterocycles. The van der Waals surface area contributed by atoms with Crippen LogP contribution in [0, 0.1) is 0 Å². The average Bonchev–Trinajstić information content (AvgIpc) is 2.54. The molecule has 0 aliphatic carbocycles. The third-order valence-corrected chi connectivity index (χ3v) is 3.92. The van der Waals surface area contributed by atoms with E-state index < -0.39 is 0 Å². The zero-order valence-corrected chi connectivity index (χ0v) is 15.4. The molecule has 0 heterocycles. The molecule has 6 heteroatoms. The maximum atomic E-state index is 12.2. The zero-order chi connectivity index (χ0) is 17.1. The number of carbonyl (C=O) groups is 1. The third kappa shape index (κ3) is 7.32. The molecule has 1 aromatic rings. The van der Waals surface area contributed by atoms with E-state index in [-0.39, 0.29) is 5.91 Å². The summed E-state index contributed by atoms with van der Waals surface area (Å²) in [6, 6.07) is 7.92. The summed E-state index contributed by atoms with van der Waals surface area (Å²) < 4.78 is 1.01. The third-order valence-electron chi connectivity index (χ3n) is 3.14. The molecular formula is C17H25BrN4O. The predicted octanol–water partition coefficient (Wildman–Crippen LogP) is 2.54. The highest BCUT2D eigenvalue weighted by molar-refractivity contribution is 9.10. The summed E-state index contributed by atoms with van der Waals surface area (Å²) in [5.74, 6) is 0.776. The van der Waals surface area contributed by atoms with Gasteiger partial charge in [-0.1, -0.05) is 40.2 Å². The normalized spacial score (nSPS) is 11.0. The minimum Gasteiger partial charge on any atom is -0.357 e. The van der Waals surface area contributed by atoms with Crippen LogP contribution in [0.5, 0.6) is 0 Å². The van der Waals surface area contributed by atoms with Gasteiger partial charge in [0.2, 0.25) is 5.91 Å². The minimum atomic E-state index is 0.0732. The van der Waals surface area contributed by atoms with E-state index in [1.807, 2.05) is 38.2 Å². The Morgan fingerprint density at radius 3 is 2.78 bits per heavy atom. The van der Waals surface area contributed by atoms with Gasteiger partial charge < -0.3 is 15.5 Å². The van der Waals surface area contributed by atoms with Gasteiger partial charge in [-0.25, -0.2) is 0 Å². The van der Waals surface area contributed by atoms with E-state index in [2.05, 4.69) is 38.1 Å². The second-order valence-electron chi connectivity index (χ2n) is 5.02. The van der Waals surface area contributed by atoms with Crippen molar-refractivity contribution in [1.82, 2.24) is 15.5 Å². The molecule has 0 bridgehead atoms. The van der Waals surface area contributed by atoms with Gasteiger partial charge in [0.15, 0.2) is 5.96 Å². The molecular weight excluding hydrogens is 356 g/mol. The number of nitrogens with one attached hydrogen (secondary N) is 2. The summed E-state index contributed by atoms with van der Waals surface area (Å²) in [5.41, 5.74) is 1.09. The summed E-state index contributed by atoms with van der Waals surface area (Å²) in [7, 11) is 1.81. The minimum absolute atomic E-state index is 0.0732. The van der Waals surface area contributed by atoms with Crippen molar-refractivity contribution in [1.29, 1.82) is 0 Å². The van der Waals surface area contributed by atoms with Crippen LogP contribution in [0.15, 0.2) is 46.4 Å². The highest BCUT2D eigenvalue weighted by Crippen LogP contribution is 2.17. The Labute approximate surface area is 147 Å². The van der Waals surface area contributed by atoms with Crippen molar-refractivity contribution in [2.45, 2.75) is 19.9 Å². The van der Waals surface area contributed by atoms with Crippen molar-refractivity contribution in [3.8, 4) is 0 Å². The summed E-state index contributed by atoms with van der Waals surface area (Å²) in [6.45, 7) is 8.11.